The van der Waals surface area contributed by atoms with Crippen molar-refractivity contribution >= 4 is 0 Å². The number of hydrogen-bond acceptors (Lipinski definition) is 3. The SMILES string of the molecule is N#Cc1ccc(C(O)Cc2ccco2)cc1. The molecule has 1 aromatic carbocycles. The quantitative estimate of drug-likeness (QED) is 0.851. The summed E-state index contributed by atoms with van der Waals surface area (Å²) in [4.78, 5) is 0. The summed E-state index contributed by atoms with van der Waals surface area (Å²) in [7, 11) is 0. The molecule has 1 atom stereocenters. The number of aliphatic hydroxyl groups excluding tert-OH is 1. The third-order valence-corrected chi connectivity index (χ3v) is 2.40. The highest BCUT2D eigenvalue weighted by molar-refractivity contribution is 5.32. The molecule has 80 valence electrons. The zero-order chi connectivity index (χ0) is 11.4. The highest BCUT2D eigenvalue weighted by atomic mass is 16.3. The monoisotopic (exact) mass is 213 g/mol. The van der Waals surface area contributed by atoms with E-state index in [1.54, 1.807) is 36.6 Å². The molecule has 1 unspecified atom stereocenters. The van der Waals surface area contributed by atoms with Gasteiger partial charge >= 0.3 is 0 Å². The maximum atomic E-state index is 9.91. The number of benzene rings is 1. The summed E-state index contributed by atoms with van der Waals surface area (Å²) in [5, 5.41) is 18.6. The molecule has 2 rings (SSSR count). The molecule has 0 spiro atoms. The minimum absolute atomic E-state index is 0.443. The maximum Gasteiger partial charge on any atom is 0.106 e. The fraction of sp³-hybridized carbons (Fsp3) is 0.154. The molecule has 1 N–H and O–H groups in total. The van der Waals surface area contributed by atoms with Crippen molar-refractivity contribution < 1.29 is 9.52 Å². The number of nitriles is 1. The predicted molar refractivity (Wildman–Crippen MR) is 58.5 cm³/mol. The van der Waals surface area contributed by atoms with Crippen molar-refractivity contribution in [2.45, 2.75) is 12.5 Å². The Hall–Kier alpha value is -2.05. The van der Waals surface area contributed by atoms with Gasteiger partial charge in [-0.1, -0.05) is 12.1 Å². The molecule has 0 amide bonds. The smallest absolute Gasteiger partial charge is 0.106 e. The third-order valence-electron chi connectivity index (χ3n) is 2.40. The second-order valence-electron chi connectivity index (χ2n) is 3.53. The molecular formula is C13H11NO2. The van der Waals surface area contributed by atoms with Crippen molar-refractivity contribution in [3.8, 4) is 6.07 Å². The highest BCUT2D eigenvalue weighted by Gasteiger charge is 2.09. The molecule has 3 heteroatoms. The summed E-state index contributed by atoms with van der Waals surface area (Å²) in [6, 6.07) is 12.6. The van der Waals surface area contributed by atoms with Crippen LogP contribution in [0.2, 0.25) is 0 Å². The first-order valence-electron chi connectivity index (χ1n) is 5.00. The molecule has 3 nitrogen and oxygen atoms in total. The van der Waals surface area contributed by atoms with Crippen LogP contribution in [0.4, 0.5) is 0 Å². The van der Waals surface area contributed by atoms with E-state index in [9.17, 15) is 5.11 Å². The lowest BCUT2D eigenvalue weighted by atomic mass is 10.0. The van der Waals surface area contributed by atoms with Crippen LogP contribution in [-0.2, 0) is 6.42 Å². The summed E-state index contributed by atoms with van der Waals surface area (Å²) >= 11 is 0. The maximum absolute atomic E-state index is 9.91. The van der Waals surface area contributed by atoms with Crippen molar-refractivity contribution in [1.82, 2.24) is 0 Å². The van der Waals surface area contributed by atoms with Crippen molar-refractivity contribution in [2.75, 3.05) is 0 Å². The lowest BCUT2D eigenvalue weighted by Gasteiger charge is -2.08. The summed E-state index contributed by atoms with van der Waals surface area (Å²) in [6.45, 7) is 0. The summed E-state index contributed by atoms with van der Waals surface area (Å²) in [5.74, 6) is 0.747. The molecule has 0 aliphatic heterocycles. The molecule has 0 fully saturated rings. The van der Waals surface area contributed by atoms with Gasteiger partial charge < -0.3 is 9.52 Å². The number of rotatable bonds is 3. The summed E-state index contributed by atoms with van der Waals surface area (Å²) in [6.07, 6.45) is 1.43. The van der Waals surface area contributed by atoms with Crippen LogP contribution in [0.5, 0.6) is 0 Å². The van der Waals surface area contributed by atoms with E-state index in [1.165, 1.54) is 0 Å². The Kier molecular flexibility index (Phi) is 3.04. The fourth-order valence-electron chi connectivity index (χ4n) is 1.52. The Morgan fingerprint density at radius 2 is 2.00 bits per heavy atom. The van der Waals surface area contributed by atoms with Gasteiger partial charge in [0.05, 0.1) is 24.0 Å². The molecular weight excluding hydrogens is 202 g/mol. The highest BCUT2D eigenvalue weighted by Crippen LogP contribution is 2.18. The van der Waals surface area contributed by atoms with Crippen molar-refractivity contribution in [3.63, 3.8) is 0 Å². The first kappa shape index (κ1) is 10.5. The van der Waals surface area contributed by atoms with E-state index >= 15 is 0 Å². The zero-order valence-corrected chi connectivity index (χ0v) is 8.63. The number of hydrogen-bond donors (Lipinski definition) is 1. The first-order valence-corrected chi connectivity index (χ1v) is 5.00. The Morgan fingerprint density at radius 1 is 1.25 bits per heavy atom. The topological polar surface area (TPSA) is 57.2 Å². The van der Waals surface area contributed by atoms with Crippen LogP contribution in [0.25, 0.3) is 0 Å². The van der Waals surface area contributed by atoms with Gasteiger partial charge in [0, 0.05) is 6.42 Å². The second kappa shape index (κ2) is 4.65. The Balaban J connectivity index is 2.09. The van der Waals surface area contributed by atoms with E-state index in [0.717, 1.165) is 11.3 Å². The average Bonchev–Trinajstić information content (AvgIpc) is 2.82. The molecule has 0 saturated heterocycles. The van der Waals surface area contributed by atoms with Gasteiger partial charge in [-0.05, 0) is 29.8 Å². The average molecular weight is 213 g/mol. The summed E-state index contributed by atoms with van der Waals surface area (Å²) in [5.41, 5.74) is 1.38. The van der Waals surface area contributed by atoms with Gasteiger partial charge in [-0.3, -0.25) is 0 Å². The van der Waals surface area contributed by atoms with Crippen LogP contribution in [0.15, 0.2) is 47.1 Å². The van der Waals surface area contributed by atoms with Crippen LogP contribution < -0.4 is 0 Å². The van der Waals surface area contributed by atoms with Crippen molar-refractivity contribution in [2.24, 2.45) is 0 Å². The first-order chi connectivity index (χ1) is 7.79. The second-order valence-corrected chi connectivity index (χ2v) is 3.53. The molecule has 0 bridgehead atoms. The molecule has 16 heavy (non-hydrogen) atoms. The van der Waals surface area contributed by atoms with Crippen LogP contribution in [0, 0.1) is 11.3 Å². The largest absolute Gasteiger partial charge is 0.469 e. The number of aliphatic hydroxyl groups is 1. The van der Waals surface area contributed by atoms with E-state index in [-0.39, 0.29) is 0 Å². The van der Waals surface area contributed by atoms with E-state index in [1.807, 2.05) is 12.1 Å². The van der Waals surface area contributed by atoms with Crippen LogP contribution in [0.1, 0.15) is 23.0 Å². The molecule has 1 aromatic heterocycles. The summed E-state index contributed by atoms with van der Waals surface area (Å²) < 4.78 is 5.16. The minimum Gasteiger partial charge on any atom is -0.469 e. The lowest BCUT2D eigenvalue weighted by Crippen LogP contribution is -2.00. The lowest BCUT2D eigenvalue weighted by molar-refractivity contribution is 0.170. The predicted octanol–water partition coefficient (Wildman–Crippen LogP) is 2.43. The molecule has 1 heterocycles. The van der Waals surface area contributed by atoms with Gasteiger partial charge in [-0.25, -0.2) is 0 Å². The fourth-order valence-corrected chi connectivity index (χ4v) is 1.52. The number of nitrogens with zero attached hydrogens (tertiary/aromatic N) is 1. The van der Waals surface area contributed by atoms with Gasteiger partial charge in [0.2, 0.25) is 0 Å². The molecule has 0 radical (unpaired) electrons. The third kappa shape index (κ3) is 2.30. The van der Waals surface area contributed by atoms with Gasteiger partial charge in [-0.2, -0.15) is 5.26 Å². The molecule has 0 aliphatic carbocycles. The normalized spacial score (nSPS) is 12.0. The molecule has 0 aliphatic rings. The minimum atomic E-state index is -0.598. The van der Waals surface area contributed by atoms with E-state index in [4.69, 9.17) is 9.68 Å². The van der Waals surface area contributed by atoms with Crippen LogP contribution in [0.3, 0.4) is 0 Å². The Labute approximate surface area is 93.6 Å². The zero-order valence-electron chi connectivity index (χ0n) is 8.63. The van der Waals surface area contributed by atoms with E-state index < -0.39 is 6.10 Å². The standard InChI is InChI=1S/C13H11NO2/c14-9-10-3-5-11(6-4-10)13(15)8-12-2-1-7-16-12/h1-7,13,15H,8H2. The van der Waals surface area contributed by atoms with Crippen LogP contribution in [-0.4, -0.2) is 5.11 Å². The molecule has 2 aromatic rings. The Bertz CT molecular complexity index is 480. The van der Waals surface area contributed by atoms with Crippen molar-refractivity contribution in [1.29, 1.82) is 5.26 Å². The van der Waals surface area contributed by atoms with Crippen LogP contribution >= 0.6 is 0 Å². The van der Waals surface area contributed by atoms with Gasteiger partial charge in [0.1, 0.15) is 5.76 Å². The van der Waals surface area contributed by atoms with Gasteiger partial charge in [-0.15, -0.1) is 0 Å². The van der Waals surface area contributed by atoms with Gasteiger partial charge in [0.25, 0.3) is 0 Å². The number of furan rings is 1. The molecule has 0 saturated carbocycles. The van der Waals surface area contributed by atoms with E-state index in [2.05, 4.69) is 0 Å². The van der Waals surface area contributed by atoms with Gasteiger partial charge in [0.15, 0.2) is 0 Å². The Morgan fingerprint density at radius 3 is 2.56 bits per heavy atom. The van der Waals surface area contributed by atoms with E-state index in [0.29, 0.717) is 12.0 Å². The van der Waals surface area contributed by atoms with Crippen molar-refractivity contribution in [3.05, 3.63) is 59.5 Å².